The van der Waals surface area contributed by atoms with E-state index in [1.165, 1.54) is 0 Å². The number of nitrogens with zero attached hydrogens (tertiary/aromatic N) is 2. The molecule has 0 aliphatic carbocycles. The molecule has 0 spiro atoms. The number of hydrogen-bond donors (Lipinski definition) is 0. The number of rotatable bonds is 5. The van der Waals surface area contributed by atoms with E-state index in [1.54, 1.807) is 0 Å². The summed E-state index contributed by atoms with van der Waals surface area (Å²) in [6.45, 7) is 0. The topological polar surface area (TPSA) is 17.8 Å². The Balaban J connectivity index is 1.33. The molecule has 240 valence electrons. The van der Waals surface area contributed by atoms with Crippen molar-refractivity contribution in [1.29, 1.82) is 0 Å². The Hall–Kier alpha value is -5.60. The van der Waals surface area contributed by atoms with Gasteiger partial charge in [0, 0.05) is 11.3 Å². The van der Waals surface area contributed by atoms with Gasteiger partial charge in [-0.25, -0.2) is 4.98 Å². The van der Waals surface area contributed by atoms with Crippen molar-refractivity contribution in [3.05, 3.63) is 121 Å². The van der Waals surface area contributed by atoms with E-state index in [1.807, 2.05) is 83.4 Å². The van der Waals surface area contributed by atoms with Crippen LogP contribution in [-0.4, -0.2) is 88.0 Å². The number of imidazole rings is 1. The van der Waals surface area contributed by atoms with Crippen LogP contribution in [0.1, 0.15) is 0 Å². The van der Waals surface area contributed by atoms with Crippen LogP contribution in [0.4, 0.5) is 0 Å². The van der Waals surface area contributed by atoms with Crippen molar-refractivity contribution in [2.45, 2.75) is 0 Å². The van der Waals surface area contributed by atoms with Gasteiger partial charge in [0.15, 0.2) is 0 Å². The molecular formula is C45H20B10N2. The first-order chi connectivity index (χ1) is 27.5. The largest absolute Gasteiger partial charge is 0.292 e. The van der Waals surface area contributed by atoms with Gasteiger partial charge in [0.2, 0.25) is 0 Å². The molecule has 8 aromatic carbocycles. The minimum Gasteiger partial charge on any atom is -0.292 e. The molecule has 0 saturated heterocycles. The van der Waals surface area contributed by atoms with E-state index in [2.05, 4.69) is 42.5 Å². The molecule has 0 fully saturated rings. The van der Waals surface area contributed by atoms with Crippen LogP contribution >= 0.6 is 0 Å². The molecule has 0 aliphatic heterocycles. The Kier molecular flexibility index (Phi) is 9.15. The summed E-state index contributed by atoms with van der Waals surface area (Å²) in [6, 6.07) is 40.7. The van der Waals surface area contributed by atoms with Gasteiger partial charge < -0.3 is 0 Å². The molecule has 57 heavy (non-hydrogen) atoms. The van der Waals surface area contributed by atoms with Gasteiger partial charge in [0.25, 0.3) is 0 Å². The van der Waals surface area contributed by atoms with E-state index in [0.29, 0.717) is 17.0 Å². The fourth-order valence-electron chi connectivity index (χ4n) is 8.13. The number of aromatic nitrogens is 2. The van der Waals surface area contributed by atoms with Crippen LogP contribution in [0.15, 0.2) is 121 Å². The number of para-hydroxylation sites is 2. The van der Waals surface area contributed by atoms with Crippen molar-refractivity contribution in [1.82, 2.24) is 9.55 Å². The zero-order chi connectivity index (χ0) is 39.9. The molecule has 9 rings (SSSR count). The summed E-state index contributed by atoms with van der Waals surface area (Å²) in [5.74, 6) is 0.478. The van der Waals surface area contributed by atoms with E-state index >= 15 is 0 Å². The van der Waals surface area contributed by atoms with Gasteiger partial charge in [0.1, 0.15) is 84.3 Å². The van der Waals surface area contributed by atoms with Crippen LogP contribution < -0.4 is 54.6 Å². The minimum absolute atomic E-state index is 0.136. The molecule has 0 atom stereocenters. The first-order valence-electron chi connectivity index (χ1n) is 18.1. The van der Waals surface area contributed by atoms with Crippen molar-refractivity contribution in [3.8, 4) is 50.5 Å². The fraction of sp³-hybridized carbons (Fsp3) is 0. The molecule has 20 radical (unpaired) electrons. The molecule has 9 aromatic rings. The highest BCUT2D eigenvalue weighted by Crippen LogP contribution is 2.46. The summed E-state index contributed by atoms with van der Waals surface area (Å²) >= 11 is 0. The molecule has 1 aromatic heterocycles. The second-order valence-electron chi connectivity index (χ2n) is 14.1. The fourth-order valence-corrected chi connectivity index (χ4v) is 8.13. The monoisotopic (exact) mass is 698 g/mol. The molecule has 0 aliphatic rings. The Morgan fingerprint density at radius 3 is 1.32 bits per heavy atom. The second kappa shape index (κ2) is 14.1. The van der Waals surface area contributed by atoms with Gasteiger partial charge >= 0.3 is 0 Å². The third kappa shape index (κ3) is 5.66. The standard InChI is InChI=1S/C45H20B10N2/c46-35-33(36(47)40(51)43(54)39(35)50)28-17-6-5-16-27(28)32-25-14-3-1-12-23(25)31(24-13-2-4-15-26(24)32)21-10-9-11-22(20-21)57-30-19-8-7-18-29(30)56-45(57)34-37(48)41(52)44(55)42(53)38(34)49/h1-20H. The lowest BCUT2D eigenvalue weighted by Gasteiger charge is -2.24. The summed E-state index contributed by atoms with van der Waals surface area (Å²) in [5.41, 5.74) is 9.94. The molecule has 0 bridgehead atoms. The van der Waals surface area contributed by atoms with Gasteiger partial charge in [-0.2, -0.15) is 0 Å². The highest BCUT2D eigenvalue weighted by atomic mass is 15.1. The van der Waals surface area contributed by atoms with E-state index in [-0.39, 0.29) is 54.6 Å². The summed E-state index contributed by atoms with van der Waals surface area (Å²) in [4.78, 5) is 5.01. The molecule has 0 N–H and O–H groups in total. The van der Waals surface area contributed by atoms with Gasteiger partial charge in [0.05, 0.1) is 11.0 Å². The highest BCUT2D eigenvalue weighted by molar-refractivity contribution is 6.70. The minimum atomic E-state index is 0.136. The molecule has 1 heterocycles. The predicted molar refractivity (Wildman–Crippen MR) is 252 cm³/mol. The lowest BCUT2D eigenvalue weighted by atomic mass is 9.59. The second-order valence-corrected chi connectivity index (χ2v) is 14.1. The predicted octanol–water partition coefficient (Wildman–Crippen LogP) is -0.0621. The van der Waals surface area contributed by atoms with Gasteiger partial charge in [-0.15, -0.1) is 32.8 Å². The van der Waals surface area contributed by atoms with Gasteiger partial charge in [-0.1, -0.05) is 119 Å². The van der Waals surface area contributed by atoms with E-state index in [4.69, 9.17) is 83.4 Å². The zero-order valence-electron chi connectivity index (χ0n) is 30.7. The van der Waals surface area contributed by atoms with Crippen molar-refractivity contribution in [3.63, 3.8) is 0 Å². The quantitative estimate of drug-likeness (QED) is 0.182. The highest BCUT2D eigenvalue weighted by Gasteiger charge is 2.23. The van der Waals surface area contributed by atoms with E-state index in [9.17, 15) is 0 Å². The Morgan fingerprint density at radius 2 is 0.772 bits per heavy atom. The third-order valence-electron chi connectivity index (χ3n) is 11.0. The van der Waals surface area contributed by atoms with Crippen molar-refractivity contribution >= 4 is 166 Å². The average molecular weight is 697 g/mol. The van der Waals surface area contributed by atoms with Crippen molar-refractivity contribution in [2.75, 3.05) is 0 Å². The lowest BCUT2D eigenvalue weighted by molar-refractivity contribution is 1.11. The smallest absolute Gasteiger partial charge is 0.144 e. The third-order valence-corrected chi connectivity index (χ3v) is 11.0. The van der Waals surface area contributed by atoms with Gasteiger partial charge in [-0.05, 0) is 79.2 Å². The first kappa shape index (κ1) is 37.0. The Labute approximate surface area is 345 Å². The summed E-state index contributed by atoms with van der Waals surface area (Å²) in [6.07, 6.45) is 0. The number of fused-ring (bicyclic) bond motifs is 3. The molecule has 0 saturated carbocycles. The van der Waals surface area contributed by atoms with E-state index < -0.39 is 0 Å². The normalized spacial score (nSPS) is 11.5. The first-order valence-corrected chi connectivity index (χ1v) is 18.1. The lowest BCUT2D eigenvalue weighted by Crippen LogP contribution is -2.55. The maximum absolute atomic E-state index is 6.65. The van der Waals surface area contributed by atoms with Crippen molar-refractivity contribution < 1.29 is 0 Å². The van der Waals surface area contributed by atoms with E-state index in [0.717, 1.165) is 66.1 Å². The van der Waals surface area contributed by atoms with Gasteiger partial charge in [-0.3, -0.25) is 4.57 Å². The number of benzene rings is 8. The van der Waals surface area contributed by atoms with Crippen LogP contribution in [0.2, 0.25) is 0 Å². The van der Waals surface area contributed by atoms with Crippen LogP contribution in [0, 0.1) is 0 Å². The van der Waals surface area contributed by atoms with Crippen LogP contribution in [0.3, 0.4) is 0 Å². The van der Waals surface area contributed by atoms with Crippen molar-refractivity contribution in [2.24, 2.45) is 0 Å². The molecule has 0 amide bonds. The maximum Gasteiger partial charge on any atom is 0.144 e. The van der Waals surface area contributed by atoms with Crippen LogP contribution in [0.5, 0.6) is 0 Å². The SMILES string of the molecule is [B]c1c([B])c([B])c(-c2ccccc2-c2c3ccccc3c(-c3cccc(-n4c(-c5c([B])c([B])c([B])c([B])c5[B])nc5ccccc54)c3)c3ccccc23)c([B])c1[B]. The Morgan fingerprint density at radius 1 is 0.351 bits per heavy atom. The Bertz CT molecular complexity index is 3040. The summed E-state index contributed by atoms with van der Waals surface area (Å²) in [7, 11) is 64.4. The van der Waals surface area contributed by atoms with Crippen LogP contribution in [-0.2, 0) is 0 Å². The molecule has 2 nitrogen and oxygen atoms in total. The molecule has 12 heteroatoms. The molecule has 0 unspecified atom stereocenters. The summed E-state index contributed by atoms with van der Waals surface area (Å²) in [5, 5.41) is 4.08. The number of hydrogen-bond acceptors (Lipinski definition) is 1. The molecular weight excluding hydrogens is 677 g/mol. The zero-order valence-corrected chi connectivity index (χ0v) is 30.7. The maximum atomic E-state index is 6.65. The average Bonchev–Trinajstić information content (AvgIpc) is 3.62. The van der Waals surface area contributed by atoms with Crippen LogP contribution in [0.25, 0.3) is 83.0 Å². The summed E-state index contributed by atoms with van der Waals surface area (Å²) < 4.78 is 2.02.